The lowest BCUT2D eigenvalue weighted by molar-refractivity contribution is -0.0907. The van der Waals surface area contributed by atoms with Crippen LogP contribution in [-0.4, -0.2) is 39.9 Å². The van der Waals surface area contributed by atoms with Gasteiger partial charge in [0, 0.05) is 47.0 Å². The Bertz CT molecular complexity index is 3640. The molecule has 8 aromatic rings. The predicted octanol–water partition coefficient (Wildman–Crippen LogP) is 30.5. The molecule has 4 heterocycles. The molecule has 4 saturated carbocycles. The van der Waals surface area contributed by atoms with Gasteiger partial charge < -0.3 is 9.47 Å². The van der Waals surface area contributed by atoms with Crippen LogP contribution in [0.25, 0.3) is 45.0 Å². The summed E-state index contributed by atoms with van der Waals surface area (Å²) in [7, 11) is 0. The van der Waals surface area contributed by atoms with E-state index in [1.54, 1.807) is 0 Å². The highest BCUT2D eigenvalue weighted by atomic mass is 16.5. The Morgan fingerprint density at radius 1 is 0.233 bits per heavy atom. The molecule has 628 valence electrons. The van der Waals surface area contributed by atoms with E-state index in [4.69, 9.17) is 49.3 Å². The first-order valence-electron chi connectivity index (χ1n) is 48.1. The number of aryl methyl sites for hydroxylation is 4. The van der Waals surface area contributed by atoms with Gasteiger partial charge >= 0.3 is 0 Å². The van der Waals surface area contributed by atoms with Gasteiger partial charge in [0.2, 0.25) is 0 Å². The van der Waals surface area contributed by atoms with Crippen LogP contribution in [0.2, 0.25) is 0 Å². The van der Waals surface area contributed by atoms with Gasteiger partial charge in [-0.1, -0.05) is 345 Å². The van der Waals surface area contributed by atoms with Crippen molar-refractivity contribution in [2.24, 2.45) is 47.3 Å². The normalized spacial score (nSPS) is 20.8. The molecule has 0 amide bonds. The average molecular weight is 1570 g/mol. The van der Waals surface area contributed by atoms with Gasteiger partial charge in [-0.05, 0) is 172 Å². The van der Waals surface area contributed by atoms with Crippen LogP contribution in [0.3, 0.4) is 0 Å². The Morgan fingerprint density at radius 3 is 0.638 bits per heavy atom. The molecule has 12 rings (SSSR count). The number of hydrogen-bond acceptors (Lipinski definition) is 10. The molecule has 4 aromatic heterocycles. The molecule has 4 atom stereocenters. The third-order valence-corrected chi connectivity index (χ3v) is 27.5. The average Bonchev–Trinajstić information content (AvgIpc) is 0.801. The van der Waals surface area contributed by atoms with Crippen LogP contribution in [0.4, 0.5) is 0 Å². The van der Waals surface area contributed by atoms with E-state index in [1.807, 2.05) is 49.6 Å². The molecule has 4 aromatic carbocycles. The van der Waals surface area contributed by atoms with E-state index in [2.05, 4.69) is 152 Å². The molecule has 116 heavy (non-hydrogen) atoms. The van der Waals surface area contributed by atoms with Crippen molar-refractivity contribution in [1.82, 2.24) is 39.9 Å². The van der Waals surface area contributed by atoms with Gasteiger partial charge in [0.05, 0.1) is 94.8 Å². The number of unbranched alkanes of at least 4 members (excludes halogenated alkanes) is 16. The van der Waals surface area contributed by atoms with Crippen LogP contribution in [0.15, 0.2) is 147 Å². The van der Waals surface area contributed by atoms with Gasteiger partial charge in [0.15, 0.2) is 0 Å². The van der Waals surface area contributed by atoms with E-state index in [1.165, 1.54) is 292 Å². The minimum atomic E-state index is 0.0613. The number of hydrogen-bond donors (Lipinski definition) is 0. The summed E-state index contributed by atoms with van der Waals surface area (Å²) in [4.78, 5) is 38.7. The Labute approximate surface area is 704 Å². The SMILES string of the molecule is CCCCCCCc1cnc(-c2ccc(C(OC(c3ccc(-c4cnc(CCCCCCC)cn4)cc3)C3CCC(CC)CC3)C3CCC(CC)CC3)cc2)cn1.CCCCCCCc1cnc(-c2ccc(C(OC(c3ccc(-c4cnc(CCCCCCC)cn4)cc3)C3CCC(CCC)CC3)C3CCC(CCC)CC3)cc2)cn1. The molecule has 0 spiro atoms. The summed E-state index contributed by atoms with van der Waals surface area (Å²) in [5.41, 5.74) is 18.0. The van der Waals surface area contributed by atoms with Gasteiger partial charge in [-0.25, -0.2) is 0 Å². The van der Waals surface area contributed by atoms with Crippen LogP contribution in [0.1, 0.15) is 395 Å². The van der Waals surface area contributed by atoms with Crippen LogP contribution in [0, 0.1) is 47.3 Å². The highest BCUT2D eigenvalue weighted by Crippen LogP contribution is 2.50. The topological polar surface area (TPSA) is 122 Å². The smallest absolute Gasteiger partial charge is 0.0885 e. The summed E-state index contributed by atoms with van der Waals surface area (Å²) in [6.45, 7) is 18.5. The maximum absolute atomic E-state index is 7.68. The predicted molar refractivity (Wildman–Crippen MR) is 485 cm³/mol. The molecule has 4 aliphatic rings. The Morgan fingerprint density at radius 2 is 0.448 bits per heavy atom. The number of ether oxygens (including phenoxy) is 2. The fourth-order valence-corrected chi connectivity index (χ4v) is 19.9. The standard InChI is InChI=1S/C54H78N4O.C52H74N4O/c1-5-9-11-13-15-19-49-37-57-51(39-55-49)43-29-33-47(34-30-43)53(45-25-21-41(17-7-3)22-26-45)59-54(46-27-23-42(18-8-4)24-28-46)48-35-31-44(32-36-48)52-40-56-50(38-58-52)20-16-14-12-10-6-2;1-5-9-11-13-15-17-47-35-55-49(37-53-47)41-27-31-45(32-28-41)51(43-23-19-39(7-3)20-24-43)57-52(44-25-21-40(8-4)22-26-44)46-33-29-42(30-34-46)50-38-54-48(36-56-50)18-16-14-12-10-6-2/h29-42,45-46,53-54H,5-28H2,1-4H3;27-40,43-44,51-52H,5-26H2,1-4H3. The summed E-state index contributed by atoms with van der Waals surface area (Å²) in [6.07, 6.45) is 73.9. The van der Waals surface area contributed by atoms with E-state index in [0.29, 0.717) is 23.7 Å². The molecule has 4 unspecified atom stereocenters. The molecule has 4 aliphatic carbocycles. The zero-order chi connectivity index (χ0) is 80.7. The van der Waals surface area contributed by atoms with E-state index >= 15 is 0 Å². The maximum Gasteiger partial charge on any atom is 0.0885 e. The van der Waals surface area contributed by atoms with Crippen molar-refractivity contribution in [2.75, 3.05) is 0 Å². The molecule has 4 fully saturated rings. The minimum Gasteiger partial charge on any atom is -0.365 e. The van der Waals surface area contributed by atoms with Crippen molar-refractivity contribution in [3.8, 4) is 45.0 Å². The number of rotatable bonds is 46. The molecule has 0 saturated heterocycles. The molecular weight excluding hydrogens is 1420 g/mol. The van der Waals surface area contributed by atoms with Gasteiger partial charge in [0.1, 0.15) is 0 Å². The highest BCUT2D eigenvalue weighted by molar-refractivity contribution is 5.61. The van der Waals surface area contributed by atoms with Gasteiger partial charge in [-0.15, -0.1) is 0 Å². The second-order valence-electron chi connectivity index (χ2n) is 36.2. The summed E-state index contributed by atoms with van der Waals surface area (Å²) >= 11 is 0. The number of aromatic nitrogens is 8. The van der Waals surface area contributed by atoms with E-state index in [0.717, 1.165) is 117 Å². The molecule has 0 N–H and O–H groups in total. The van der Waals surface area contributed by atoms with E-state index in [9.17, 15) is 0 Å². The van der Waals surface area contributed by atoms with Crippen LogP contribution in [0.5, 0.6) is 0 Å². The third-order valence-electron chi connectivity index (χ3n) is 27.5. The molecule has 10 nitrogen and oxygen atoms in total. The lowest BCUT2D eigenvalue weighted by Crippen LogP contribution is -2.28. The van der Waals surface area contributed by atoms with Crippen LogP contribution >= 0.6 is 0 Å². The minimum absolute atomic E-state index is 0.0613. The van der Waals surface area contributed by atoms with Crippen LogP contribution in [-0.2, 0) is 35.2 Å². The number of nitrogens with zero attached hydrogens (tertiary/aromatic N) is 8. The van der Waals surface area contributed by atoms with Crippen molar-refractivity contribution in [1.29, 1.82) is 0 Å². The Kier molecular flexibility index (Phi) is 38.9. The first-order chi connectivity index (χ1) is 57.2. The van der Waals surface area contributed by atoms with Crippen molar-refractivity contribution in [2.45, 2.75) is 375 Å². The van der Waals surface area contributed by atoms with E-state index in [-0.39, 0.29) is 24.4 Å². The summed E-state index contributed by atoms with van der Waals surface area (Å²) in [5.74, 6) is 5.48. The van der Waals surface area contributed by atoms with Crippen molar-refractivity contribution in [3.05, 3.63) is 192 Å². The monoisotopic (exact) mass is 1570 g/mol. The molecule has 0 bridgehead atoms. The quantitative estimate of drug-likeness (QED) is 0.0341. The fourth-order valence-electron chi connectivity index (χ4n) is 19.9. The number of benzene rings is 4. The Balaban J connectivity index is 0.000000228. The zero-order valence-corrected chi connectivity index (χ0v) is 73.7. The molecular formula is C106H152N8O2. The summed E-state index contributed by atoms with van der Waals surface area (Å²) in [5, 5.41) is 0. The van der Waals surface area contributed by atoms with Crippen molar-refractivity contribution in [3.63, 3.8) is 0 Å². The maximum atomic E-state index is 7.68. The van der Waals surface area contributed by atoms with E-state index < -0.39 is 0 Å². The van der Waals surface area contributed by atoms with Gasteiger partial charge in [-0.2, -0.15) is 0 Å². The van der Waals surface area contributed by atoms with Crippen molar-refractivity contribution < 1.29 is 9.47 Å². The van der Waals surface area contributed by atoms with Gasteiger partial charge in [0.25, 0.3) is 0 Å². The third kappa shape index (κ3) is 28.1. The lowest BCUT2D eigenvalue weighted by atomic mass is 9.75. The van der Waals surface area contributed by atoms with Crippen molar-refractivity contribution >= 4 is 0 Å². The first kappa shape index (κ1) is 89.9. The lowest BCUT2D eigenvalue weighted by Gasteiger charge is -2.40. The molecule has 10 heteroatoms. The second-order valence-corrected chi connectivity index (χ2v) is 36.2. The second kappa shape index (κ2) is 50.3. The zero-order valence-electron chi connectivity index (χ0n) is 73.7. The fraction of sp³-hybridized carbons (Fsp3) is 0.623. The largest absolute Gasteiger partial charge is 0.365 e. The molecule has 0 radical (unpaired) electrons. The molecule has 0 aliphatic heterocycles. The van der Waals surface area contributed by atoms with Gasteiger partial charge in [-0.3, -0.25) is 39.9 Å². The highest BCUT2D eigenvalue weighted by Gasteiger charge is 2.38. The Hall–Kier alpha value is -6.88. The first-order valence-corrected chi connectivity index (χ1v) is 48.1. The summed E-state index contributed by atoms with van der Waals surface area (Å²) in [6, 6.07) is 36.8. The van der Waals surface area contributed by atoms with Crippen LogP contribution < -0.4 is 0 Å². The summed E-state index contributed by atoms with van der Waals surface area (Å²) < 4.78 is 15.3.